The first kappa shape index (κ1) is 17.1. The largest absolute Gasteiger partial charge is 0.311 e. The zero-order valence-corrected chi connectivity index (χ0v) is 14.0. The summed E-state index contributed by atoms with van der Waals surface area (Å²) in [6.07, 6.45) is 0.398. The second-order valence-corrected chi connectivity index (χ2v) is 5.92. The van der Waals surface area contributed by atoms with Crippen LogP contribution < -0.4 is 9.80 Å². The minimum absolute atomic E-state index is 0.232. The summed E-state index contributed by atoms with van der Waals surface area (Å²) in [5.41, 5.74) is 1.90. The molecule has 1 aliphatic rings. The maximum Gasteiger partial charge on any atom is 0.250 e. The summed E-state index contributed by atoms with van der Waals surface area (Å²) >= 11 is 0. The van der Waals surface area contributed by atoms with Crippen LogP contribution in [0.2, 0.25) is 0 Å². The number of rotatable bonds is 3. The van der Waals surface area contributed by atoms with Crippen molar-refractivity contribution in [1.82, 2.24) is 0 Å². The van der Waals surface area contributed by atoms with E-state index in [1.165, 1.54) is 22.8 Å². The Labute approximate surface area is 144 Å². The lowest BCUT2D eigenvalue weighted by molar-refractivity contribution is -0.123. The maximum atomic E-state index is 13.6. The van der Waals surface area contributed by atoms with E-state index < -0.39 is 17.7 Å². The third kappa shape index (κ3) is 2.99. The second kappa shape index (κ2) is 6.63. The minimum atomic E-state index is -1.01. The molecule has 6 heteroatoms. The molecule has 0 N–H and O–H groups in total. The Kier molecular flexibility index (Phi) is 4.53. The molecule has 0 unspecified atom stereocenters. The van der Waals surface area contributed by atoms with E-state index in [1.807, 2.05) is 18.2 Å². The lowest BCUT2D eigenvalue weighted by Crippen LogP contribution is -2.49. The Hall–Kier alpha value is -2.76. The Morgan fingerprint density at radius 2 is 1.88 bits per heavy atom. The predicted octanol–water partition coefficient (Wildman–Crippen LogP) is 3.30. The smallest absolute Gasteiger partial charge is 0.250 e. The van der Waals surface area contributed by atoms with Crippen molar-refractivity contribution in [3.63, 3.8) is 0 Å². The first-order valence-corrected chi connectivity index (χ1v) is 8.08. The fourth-order valence-electron chi connectivity index (χ4n) is 3.27. The van der Waals surface area contributed by atoms with Gasteiger partial charge in [0.05, 0.1) is 0 Å². The standard InChI is InChI=1S/C19H18F2N2O2/c1-3-22(14-8-9-15(20)16(21)11-14)19(25)18-10-13-6-4-5-7-17(13)23(18)12(2)24/h4-9,11,18H,3,10H2,1-2H3/t18-/m0/s1. The van der Waals surface area contributed by atoms with Crippen molar-refractivity contribution in [3.05, 3.63) is 59.7 Å². The van der Waals surface area contributed by atoms with Crippen LogP contribution >= 0.6 is 0 Å². The number of hydrogen-bond donors (Lipinski definition) is 0. The number of carbonyl (C=O) groups excluding carboxylic acids is 2. The molecule has 0 saturated heterocycles. The van der Waals surface area contributed by atoms with Gasteiger partial charge in [0.2, 0.25) is 5.91 Å². The van der Waals surface area contributed by atoms with Gasteiger partial charge in [0.25, 0.3) is 5.91 Å². The molecule has 0 aromatic heterocycles. The van der Waals surface area contributed by atoms with Crippen molar-refractivity contribution in [3.8, 4) is 0 Å². The van der Waals surface area contributed by atoms with Crippen LogP contribution in [-0.2, 0) is 16.0 Å². The van der Waals surface area contributed by atoms with Crippen LogP contribution in [0.15, 0.2) is 42.5 Å². The van der Waals surface area contributed by atoms with E-state index >= 15 is 0 Å². The van der Waals surface area contributed by atoms with E-state index in [0.29, 0.717) is 6.42 Å². The van der Waals surface area contributed by atoms with Crippen LogP contribution in [0.25, 0.3) is 0 Å². The molecule has 0 bridgehead atoms. The Morgan fingerprint density at radius 3 is 2.52 bits per heavy atom. The molecule has 0 fully saturated rings. The highest BCUT2D eigenvalue weighted by atomic mass is 19.2. The van der Waals surface area contributed by atoms with Gasteiger partial charge in [-0.1, -0.05) is 18.2 Å². The number of carbonyl (C=O) groups is 2. The predicted molar refractivity (Wildman–Crippen MR) is 91.5 cm³/mol. The molecule has 1 heterocycles. The fraction of sp³-hybridized carbons (Fsp3) is 0.263. The third-order valence-corrected chi connectivity index (χ3v) is 4.40. The minimum Gasteiger partial charge on any atom is -0.311 e. The number of amides is 2. The average molecular weight is 344 g/mol. The first-order valence-electron chi connectivity index (χ1n) is 8.08. The number of benzene rings is 2. The molecular weight excluding hydrogens is 326 g/mol. The first-order chi connectivity index (χ1) is 11.9. The van der Waals surface area contributed by atoms with Crippen LogP contribution in [0.5, 0.6) is 0 Å². The lowest BCUT2D eigenvalue weighted by atomic mass is 10.1. The number of anilines is 2. The summed E-state index contributed by atoms with van der Waals surface area (Å²) in [7, 11) is 0. The van der Waals surface area contributed by atoms with Crippen molar-refractivity contribution in [2.75, 3.05) is 16.3 Å². The van der Waals surface area contributed by atoms with Gasteiger partial charge >= 0.3 is 0 Å². The number of fused-ring (bicyclic) bond motifs is 1. The molecular formula is C19H18F2N2O2. The van der Waals surface area contributed by atoms with Crippen LogP contribution in [0.1, 0.15) is 19.4 Å². The number of nitrogens with zero attached hydrogens (tertiary/aromatic N) is 2. The fourth-order valence-corrected chi connectivity index (χ4v) is 3.27. The molecule has 1 atom stereocenters. The van der Waals surface area contributed by atoms with Gasteiger partial charge in [-0.15, -0.1) is 0 Å². The van der Waals surface area contributed by atoms with Gasteiger partial charge < -0.3 is 4.90 Å². The molecule has 0 saturated carbocycles. The van der Waals surface area contributed by atoms with E-state index in [1.54, 1.807) is 13.0 Å². The van der Waals surface area contributed by atoms with Crippen LogP contribution in [0.4, 0.5) is 20.2 Å². The topological polar surface area (TPSA) is 40.6 Å². The summed E-state index contributed by atoms with van der Waals surface area (Å²) in [5.74, 6) is -2.53. The molecule has 2 amide bonds. The van der Waals surface area contributed by atoms with Gasteiger partial charge in [-0.3, -0.25) is 14.5 Å². The van der Waals surface area contributed by atoms with Crippen molar-refractivity contribution in [2.45, 2.75) is 26.3 Å². The van der Waals surface area contributed by atoms with Crippen molar-refractivity contribution >= 4 is 23.2 Å². The molecule has 130 valence electrons. The highest BCUT2D eigenvalue weighted by Crippen LogP contribution is 2.33. The highest BCUT2D eigenvalue weighted by molar-refractivity contribution is 6.07. The molecule has 4 nitrogen and oxygen atoms in total. The molecule has 2 aromatic rings. The zero-order valence-electron chi connectivity index (χ0n) is 14.0. The monoisotopic (exact) mass is 344 g/mol. The Bertz CT molecular complexity index is 838. The molecule has 0 radical (unpaired) electrons. The van der Waals surface area contributed by atoms with Crippen molar-refractivity contribution in [2.24, 2.45) is 0 Å². The van der Waals surface area contributed by atoms with E-state index in [9.17, 15) is 18.4 Å². The molecule has 1 aliphatic heterocycles. The number of hydrogen-bond acceptors (Lipinski definition) is 2. The maximum absolute atomic E-state index is 13.6. The molecule has 0 aliphatic carbocycles. The molecule has 3 rings (SSSR count). The van der Waals surface area contributed by atoms with Gasteiger partial charge in [-0.2, -0.15) is 0 Å². The summed E-state index contributed by atoms with van der Waals surface area (Å²) in [6, 6.07) is 10.0. The molecule has 0 spiro atoms. The third-order valence-electron chi connectivity index (χ3n) is 4.40. The average Bonchev–Trinajstić information content (AvgIpc) is 2.98. The Balaban J connectivity index is 1.95. The second-order valence-electron chi connectivity index (χ2n) is 5.92. The summed E-state index contributed by atoms with van der Waals surface area (Å²) in [4.78, 5) is 28.0. The van der Waals surface area contributed by atoms with E-state index in [2.05, 4.69) is 0 Å². The van der Waals surface area contributed by atoms with Crippen molar-refractivity contribution in [1.29, 1.82) is 0 Å². The summed E-state index contributed by atoms with van der Waals surface area (Å²) in [5, 5.41) is 0. The molecule has 25 heavy (non-hydrogen) atoms. The lowest BCUT2D eigenvalue weighted by Gasteiger charge is -2.29. The molecule has 2 aromatic carbocycles. The quantitative estimate of drug-likeness (QED) is 0.857. The number of halogens is 2. The van der Waals surface area contributed by atoms with E-state index in [4.69, 9.17) is 0 Å². The summed E-state index contributed by atoms with van der Waals surface area (Å²) in [6.45, 7) is 3.44. The zero-order chi connectivity index (χ0) is 18.1. The van der Waals surface area contributed by atoms with Gasteiger partial charge in [0.1, 0.15) is 6.04 Å². The van der Waals surface area contributed by atoms with E-state index in [-0.39, 0.29) is 24.0 Å². The van der Waals surface area contributed by atoms with Crippen LogP contribution in [-0.4, -0.2) is 24.4 Å². The normalized spacial score (nSPS) is 15.8. The number of para-hydroxylation sites is 1. The Morgan fingerprint density at radius 1 is 1.16 bits per heavy atom. The SMILES string of the molecule is CCN(C(=O)[C@@H]1Cc2ccccc2N1C(C)=O)c1ccc(F)c(F)c1. The van der Waals surface area contributed by atoms with Crippen LogP contribution in [0, 0.1) is 11.6 Å². The summed E-state index contributed by atoms with van der Waals surface area (Å²) < 4.78 is 26.7. The highest BCUT2D eigenvalue weighted by Gasteiger charge is 2.39. The van der Waals surface area contributed by atoms with Gasteiger partial charge in [0.15, 0.2) is 11.6 Å². The number of likely N-dealkylation sites (N-methyl/N-ethyl adjacent to an activating group) is 1. The van der Waals surface area contributed by atoms with Gasteiger partial charge in [0, 0.05) is 37.3 Å². The van der Waals surface area contributed by atoms with Crippen LogP contribution in [0.3, 0.4) is 0 Å². The van der Waals surface area contributed by atoms with Crippen molar-refractivity contribution < 1.29 is 18.4 Å². The van der Waals surface area contributed by atoms with E-state index in [0.717, 1.165) is 23.4 Å². The van der Waals surface area contributed by atoms with Gasteiger partial charge in [-0.05, 0) is 30.7 Å². The van der Waals surface area contributed by atoms with Gasteiger partial charge in [-0.25, -0.2) is 8.78 Å².